The number of anilines is 1. The van der Waals surface area contributed by atoms with Crippen molar-refractivity contribution in [2.75, 3.05) is 11.9 Å². The Bertz CT molecular complexity index is 710. The topological polar surface area (TPSA) is 63.1 Å². The number of aromatic nitrogens is 3. The van der Waals surface area contributed by atoms with Crippen molar-refractivity contribution in [1.29, 1.82) is 0 Å². The highest BCUT2D eigenvalue weighted by Crippen LogP contribution is 2.37. The molecule has 1 saturated heterocycles. The Kier molecular flexibility index (Phi) is 4.68. The van der Waals surface area contributed by atoms with Gasteiger partial charge in [0, 0.05) is 49.7 Å². The van der Waals surface area contributed by atoms with Gasteiger partial charge in [-0.25, -0.2) is 4.79 Å². The van der Waals surface area contributed by atoms with Gasteiger partial charge < -0.3 is 4.90 Å². The molecule has 0 bridgehead atoms. The minimum Gasteiger partial charge on any atom is -0.321 e. The number of likely N-dealkylation sites (tertiary alicyclic amines) is 1. The van der Waals surface area contributed by atoms with Crippen molar-refractivity contribution >= 4 is 11.8 Å². The van der Waals surface area contributed by atoms with E-state index in [0.29, 0.717) is 17.8 Å². The first kappa shape index (κ1) is 16.1. The summed E-state index contributed by atoms with van der Waals surface area (Å²) >= 11 is 0. The molecule has 1 saturated carbocycles. The zero-order chi connectivity index (χ0) is 17.1. The van der Waals surface area contributed by atoms with Crippen LogP contribution in [0.3, 0.4) is 0 Å². The van der Waals surface area contributed by atoms with E-state index in [-0.39, 0.29) is 6.03 Å². The molecule has 1 N–H and O–H groups in total. The molecule has 0 unspecified atom stereocenters. The van der Waals surface area contributed by atoms with Crippen molar-refractivity contribution in [3.8, 4) is 0 Å². The Morgan fingerprint density at radius 3 is 2.88 bits per heavy atom. The van der Waals surface area contributed by atoms with Gasteiger partial charge in [0.1, 0.15) is 0 Å². The molecule has 0 aromatic carbocycles. The van der Waals surface area contributed by atoms with E-state index in [2.05, 4.69) is 15.4 Å². The van der Waals surface area contributed by atoms with Crippen LogP contribution in [0.15, 0.2) is 36.7 Å². The average molecular weight is 339 g/mol. The van der Waals surface area contributed by atoms with Crippen molar-refractivity contribution < 1.29 is 4.79 Å². The second-order valence-corrected chi connectivity index (χ2v) is 7.06. The van der Waals surface area contributed by atoms with Crippen molar-refractivity contribution in [2.45, 2.75) is 51.1 Å². The minimum absolute atomic E-state index is 0.00405. The number of hydrogen-bond acceptors (Lipinski definition) is 3. The van der Waals surface area contributed by atoms with E-state index >= 15 is 0 Å². The maximum atomic E-state index is 12.6. The van der Waals surface area contributed by atoms with Crippen LogP contribution in [-0.4, -0.2) is 38.3 Å². The lowest BCUT2D eigenvalue weighted by molar-refractivity contribution is 0.147. The van der Waals surface area contributed by atoms with Crippen molar-refractivity contribution in [3.05, 3.63) is 42.4 Å². The number of carbonyl (C=O) groups excluding carboxylic acids is 1. The van der Waals surface area contributed by atoms with E-state index in [9.17, 15) is 4.79 Å². The number of pyridine rings is 1. The lowest BCUT2D eigenvalue weighted by Gasteiger charge is -2.36. The molecule has 2 amide bonds. The van der Waals surface area contributed by atoms with Gasteiger partial charge in [0.15, 0.2) is 5.82 Å². The molecular formula is C19H25N5O. The first-order valence-corrected chi connectivity index (χ1v) is 9.30. The molecule has 3 heterocycles. The van der Waals surface area contributed by atoms with Gasteiger partial charge in [-0.05, 0) is 43.7 Å². The maximum Gasteiger partial charge on any atom is 0.323 e. The van der Waals surface area contributed by atoms with Crippen LogP contribution in [0.5, 0.6) is 0 Å². The van der Waals surface area contributed by atoms with Gasteiger partial charge in [-0.15, -0.1) is 0 Å². The van der Waals surface area contributed by atoms with Gasteiger partial charge in [-0.1, -0.05) is 12.5 Å². The Morgan fingerprint density at radius 2 is 2.12 bits per heavy atom. The molecule has 0 spiro atoms. The smallest absolute Gasteiger partial charge is 0.321 e. The van der Waals surface area contributed by atoms with Crippen LogP contribution in [-0.2, 0) is 13.0 Å². The molecule has 4 rings (SSSR count). The Labute approximate surface area is 148 Å². The first-order valence-electron chi connectivity index (χ1n) is 9.30. The van der Waals surface area contributed by atoms with E-state index in [4.69, 9.17) is 0 Å². The molecule has 2 aromatic heterocycles. The van der Waals surface area contributed by atoms with Gasteiger partial charge in [0.05, 0.1) is 0 Å². The minimum atomic E-state index is 0.00405. The van der Waals surface area contributed by atoms with Crippen molar-refractivity contribution in [1.82, 2.24) is 19.7 Å². The number of nitrogens with zero attached hydrogens (tertiary/aromatic N) is 4. The van der Waals surface area contributed by atoms with Gasteiger partial charge in [0.25, 0.3) is 0 Å². The number of hydrogen-bond donors (Lipinski definition) is 1. The van der Waals surface area contributed by atoms with E-state index in [1.54, 1.807) is 6.20 Å². The predicted octanol–water partition coefficient (Wildman–Crippen LogP) is 3.32. The zero-order valence-corrected chi connectivity index (χ0v) is 14.5. The molecule has 6 nitrogen and oxygen atoms in total. The summed E-state index contributed by atoms with van der Waals surface area (Å²) in [4.78, 5) is 19.0. The fraction of sp³-hybridized carbons (Fsp3) is 0.526. The number of rotatable bonds is 5. The number of nitrogens with one attached hydrogen (secondary N) is 1. The molecule has 2 aliphatic rings. The third kappa shape index (κ3) is 3.67. The summed E-state index contributed by atoms with van der Waals surface area (Å²) in [6.07, 6.45) is 10.7. The van der Waals surface area contributed by atoms with Crippen molar-refractivity contribution in [3.63, 3.8) is 0 Å². The second kappa shape index (κ2) is 7.25. The molecule has 1 aliphatic carbocycles. The summed E-state index contributed by atoms with van der Waals surface area (Å²) in [7, 11) is 0. The third-order valence-electron chi connectivity index (χ3n) is 5.45. The number of urea groups is 1. The summed E-state index contributed by atoms with van der Waals surface area (Å²) in [6, 6.07) is 8.22. The maximum absolute atomic E-state index is 12.6. The highest BCUT2D eigenvalue weighted by molar-refractivity contribution is 5.88. The van der Waals surface area contributed by atoms with E-state index < -0.39 is 0 Å². The molecule has 2 aromatic rings. The van der Waals surface area contributed by atoms with Crippen LogP contribution in [0.4, 0.5) is 10.6 Å². The summed E-state index contributed by atoms with van der Waals surface area (Å²) in [5, 5.41) is 7.45. The van der Waals surface area contributed by atoms with E-state index in [0.717, 1.165) is 38.0 Å². The van der Waals surface area contributed by atoms with E-state index in [1.165, 1.54) is 19.3 Å². The molecule has 1 atom stereocenters. The van der Waals surface area contributed by atoms with Crippen LogP contribution >= 0.6 is 0 Å². The average Bonchev–Trinajstić information content (AvgIpc) is 3.22. The summed E-state index contributed by atoms with van der Waals surface area (Å²) in [6.45, 7) is 1.62. The quantitative estimate of drug-likeness (QED) is 0.909. The van der Waals surface area contributed by atoms with Gasteiger partial charge in [-0.2, -0.15) is 5.10 Å². The Hall–Kier alpha value is -2.37. The highest BCUT2D eigenvalue weighted by atomic mass is 16.2. The van der Waals surface area contributed by atoms with Gasteiger partial charge >= 0.3 is 6.03 Å². The summed E-state index contributed by atoms with van der Waals surface area (Å²) < 4.78 is 1.86. The van der Waals surface area contributed by atoms with Crippen LogP contribution in [0.2, 0.25) is 0 Å². The molecule has 132 valence electrons. The number of carbonyl (C=O) groups is 1. The second-order valence-electron chi connectivity index (χ2n) is 7.06. The summed E-state index contributed by atoms with van der Waals surface area (Å²) in [5.74, 6) is 1.34. The molecule has 1 aliphatic heterocycles. The van der Waals surface area contributed by atoms with Crippen molar-refractivity contribution in [2.24, 2.45) is 5.92 Å². The normalized spacial score (nSPS) is 20.5. The lowest BCUT2D eigenvalue weighted by Crippen LogP contribution is -2.44. The Balaban J connectivity index is 1.32. The zero-order valence-electron chi connectivity index (χ0n) is 14.5. The van der Waals surface area contributed by atoms with Gasteiger partial charge in [-0.3, -0.25) is 15.0 Å². The van der Waals surface area contributed by atoms with Crippen LogP contribution in [0.25, 0.3) is 0 Å². The van der Waals surface area contributed by atoms with E-state index in [1.807, 2.05) is 40.0 Å². The SMILES string of the molecule is O=C(Nc1ccn(CCc2ccccn2)n1)N1CCC[C@@H]1C1CCC1. The molecule has 0 radical (unpaired) electrons. The standard InChI is InChI=1S/C19H25N5O/c25-19(24-12-4-8-17(24)15-5-3-6-15)21-18-10-14-23(22-18)13-9-16-7-1-2-11-20-16/h1-2,7,10-11,14-15,17H,3-6,8-9,12-13H2,(H,21,22,25)/t17-/m1/s1. The molecule has 25 heavy (non-hydrogen) atoms. The Morgan fingerprint density at radius 1 is 1.20 bits per heavy atom. The third-order valence-corrected chi connectivity index (χ3v) is 5.45. The first-order chi connectivity index (χ1) is 12.3. The molecule has 6 heteroatoms. The monoisotopic (exact) mass is 339 g/mol. The summed E-state index contributed by atoms with van der Waals surface area (Å²) in [5.41, 5.74) is 1.05. The fourth-order valence-electron chi connectivity index (χ4n) is 3.87. The lowest BCUT2D eigenvalue weighted by atomic mass is 9.79. The molecular weight excluding hydrogens is 314 g/mol. The van der Waals surface area contributed by atoms with Crippen LogP contribution in [0, 0.1) is 5.92 Å². The van der Waals surface area contributed by atoms with Gasteiger partial charge in [0.2, 0.25) is 0 Å². The van der Waals surface area contributed by atoms with Crippen LogP contribution in [0.1, 0.15) is 37.8 Å². The number of aryl methyl sites for hydroxylation is 2. The highest BCUT2D eigenvalue weighted by Gasteiger charge is 2.37. The predicted molar refractivity (Wildman–Crippen MR) is 96.3 cm³/mol. The van der Waals surface area contributed by atoms with Crippen LogP contribution < -0.4 is 5.32 Å². The fourth-order valence-corrected chi connectivity index (χ4v) is 3.87. The molecule has 2 fully saturated rings. The largest absolute Gasteiger partial charge is 0.323 e. The number of amides is 2.